The molecule has 0 N–H and O–H groups in total. The molecule has 4 heteroatoms. The van der Waals surface area contributed by atoms with Gasteiger partial charge in [0.1, 0.15) is 0 Å². The predicted octanol–water partition coefficient (Wildman–Crippen LogP) is 1.73. The summed E-state index contributed by atoms with van der Waals surface area (Å²) in [5, 5.41) is 0. The Hall–Kier alpha value is -0.163. The zero-order valence-electron chi connectivity index (χ0n) is 7.29. The summed E-state index contributed by atoms with van der Waals surface area (Å²) in [6.45, 7) is 0. The third kappa shape index (κ3) is 7.94. The molecule has 68 valence electrons. The van der Waals surface area contributed by atoms with Gasteiger partial charge in [-0.1, -0.05) is 34.1 Å². The molecule has 0 amide bonds. The summed E-state index contributed by atoms with van der Waals surface area (Å²) in [7, 11) is 2.73. The molecule has 0 aliphatic heterocycles. The Morgan fingerprint density at radius 2 is 1.58 bits per heavy atom. The lowest BCUT2D eigenvalue weighted by molar-refractivity contribution is 0.309. The lowest BCUT2D eigenvalue weighted by Gasteiger charge is -1.86. The Bertz CT molecular complexity index is 180. The first-order chi connectivity index (χ1) is 5.81. The summed E-state index contributed by atoms with van der Waals surface area (Å²) in [6, 6.07) is 9.97. The van der Waals surface area contributed by atoms with E-state index in [0.717, 1.165) is 4.47 Å². The number of hydrogen-bond acceptors (Lipinski definition) is 2. The normalized spacial score (nSPS) is 8.58. The van der Waals surface area contributed by atoms with Gasteiger partial charge in [-0.05, 0) is 12.1 Å². The second-order valence-corrected chi connectivity index (χ2v) is 4.30. The quantitative estimate of drug-likeness (QED) is 0.743. The van der Waals surface area contributed by atoms with Gasteiger partial charge in [-0.2, -0.15) is 0 Å². The van der Waals surface area contributed by atoms with E-state index in [2.05, 4.69) is 24.8 Å². The fourth-order valence-electron chi connectivity index (χ4n) is 0.533. The van der Waals surface area contributed by atoms with Crippen molar-refractivity contribution < 1.29 is 8.85 Å². The third-order valence-corrected chi connectivity index (χ3v) is 1.97. The number of rotatable bonds is 2. The monoisotopic (exact) mass is 248 g/mol. The summed E-state index contributed by atoms with van der Waals surface area (Å²) >= 11 is 3.31. The Balaban J connectivity index is 0.000000217. The predicted molar refractivity (Wildman–Crippen MR) is 56.7 cm³/mol. The van der Waals surface area contributed by atoms with Crippen LogP contribution in [0, 0.1) is 0 Å². The Kier molecular flexibility index (Phi) is 8.81. The van der Waals surface area contributed by atoms with Crippen molar-refractivity contribution in [3.05, 3.63) is 34.8 Å². The lowest BCUT2D eigenvalue weighted by atomic mass is 10.4. The van der Waals surface area contributed by atoms with Crippen LogP contribution in [0.5, 0.6) is 0 Å². The Labute approximate surface area is 84.1 Å². The summed E-state index contributed by atoms with van der Waals surface area (Å²) in [5.41, 5.74) is 0. The molecule has 0 unspecified atom stereocenters. The fraction of sp³-hybridized carbons (Fsp3) is 0.250. The molecule has 0 saturated carbocycles. The minimum Gasteiger partial charge on any atom is -0.402 e. The molecule has 0 atom stereocenters. The molecule has 0 aliphatic carbocycles. The van der Waals surface area contributed by atoms with Gasteiger partial charge in [0.25, 0.3) is 0 Å². The van der Waals surface area contributed by atoms with Gasteiger partial charge in [0, 0.05) is 18.7 Å². The molecule has 0 fully saturated rings. The topological polar surface area (TPSA) is 18.5 Å². The second-order valence-electron chi connectivity index (χ2n) is 1.99. The Morgan fingerprint density at radius 1 is 1.08 bits per heavy atom. The van der Waals surface area contributed by atoms with E-state index < -0.39 is 10.0 Å². The maximum Gasteiger partial charge on any atom is 0.303 e. The van der Waals surface area contributed by atoms with Gasteiger partial charge in [0.05, 0.1) is 0 Å². The molecule has 1 aromatic carbocycles. The highest BCUT2D eigenvalue weighted by atomic mass is 79.9. The molecule has 12 heavy (non-hydrogen) atoms. The molecule has 1 rings (SSSR count). The van der Waals surface area contributed by atoms with Crippen LogP contribution in [0.3, 0.4) is 0 Å². The van der Waals surface area contributed by atoms with Crippen LogP contribution in [-0.2, 0) is 8.85 Å². The van der Waals surface area contributed by atoms with Crippen molar-refractivity contribution >= 4 is 25.9 Å². The zero-order chi connectivity index (χ0) is 9.23. The molecule has 2 nitrogen and oxygen atoms in total. The molecular weight excluding hydrogens is 236 g/mol. The first-order valence-electron chi connectivity index (χ1n) is 3.49. The molecule has 0 bridgehead atoms. The molecule has 1 aromatic rings. The van der Waals surface area contributed by atoms with E-state index in [0.29, 0.717) is 0 Å². The third-order valence-electron chi connectivity index (χ3n) is 0.969. The number of halogens is 1. The van der Waals surface area contributed by atoms with Crippen LogP contribution < -0.4 is 0 Å². The van der Waals surface area contributed by atoms with Gasteiger partial charge < -0.3 is 8.85 Å². The van der Waals surface area contributed by atoms with Crippen LogP contribution >= 0.6 is 15.9 Å². The van der Waals surface area contributed by atoms with E-state index in [-0.39, 0.29) is 0 Å². The first kappa shape index (κ1) is 11.8. The second kappa shape index (κ2) is 8.93. The van der Waals surface area contributed by atoms with Crippen molar-refractivity contribution in [2.24, 2.45) is 0 Å². The van der Waals surface area contributed by atoms with Crippen molar-refractivity contribution in [3.63, 3.8) is 0 Å². The van der Waals surface area contributed by atoms with Crippen molar-refractivity contribution in [2.45, 2.75) is 0 Å². The highest BCUT2D eigenvalue weighted by Crippen LogP contribution is 2.05. The average molecular weight is 249 g/mol. The smallest absolute Gasteiger partial charge is 0.303 e. The zero-order valence-corrected chi connectivity index (χ0v) is 10.3. The van der Waals surface area contributed by atoms with E-state index in [1.165, 1.54) is 0 Å². The largest absolute Gasteiger partial charge is 0.402 e. The standard InChI is InChI=1S/C6H5Br.C2H8O2Si/c7-6-4-2-1-3-5-6;1-3-5-4-2/h1-5H;5H2,1-2H3. The van der Waals surface area contributed by atoms with Crippen LogP contribution in [0.25, 0.3) is 0 Å². The van der Waals surface area contributed by atoms with Gasteiger partial charge in [-0.15, -0.1) is 0 Å². The molecule has 0 spiro atoms. The number of benzene rings is 1. The fourth-order valence-corrected chi connectivity index (χ4v) is 1.07. The van der Waals surface area contributed by atoms with Gasteiger partial charge in [0.15, 0.2) is 0 Å². The SMILES string of the molecule is Brc1ccccc1.CO[SiH2]OC. The minimum absolute atomic E-state index is 0.568. The first-order valence-corrected chi connectivity index (χ1v) is 5.44. The van der Waals surface area contributed by atoms with Crippen LogP contribution in [0.2, 0.25) is 0 Å². The van der Waals surface area contributed by atoms with E-state index >= 15 is 0 Å². The van der Waals surface area contributed by atoms with Crippen LogP contribution in [0.1, 0.15) is 0 Å². The van der Waals surface area contributed by atoms with Gasteiger partial charge in [-0.3, -0.25) is 0 Å². The van der Waals surface area contributed by atoms with Crippen LogP contribution in [0.15, 0.2) is 34.8 Å². The molecule has 0 aliphatic rings. The van der Waals surface area contributed by atoms with Crippen molar-refractivity contribution in [2.75, 3.05) is 14.2 Å². The van der Waals surface area contributed by atoms with Gasteiger partial charge in [-0.25, -0.2) is 0 Å². The van der Waals surface area contributed by atoms with E-state index in [4.69, 9.17) is 0 Å². The average Bonchev–Trinajstić information content (AvgIpc) is 2.08. The molecular formula is C8H13BrO2Si. The van der Waals surface area contributed by atoms with E-state index in [9.17, 15) is 0 Å². The summed E-state index contributed by atoms with van der Waals surface area (Å²) in [5.74, 6) is 0. The maximum absolute atomic E-state index is 4.61. The van der Waals surface area contributed by atoms with E-state index in [1.54, 1.807) is 14.2 Å². The van der Waals surface area contributed by atoms with Crippen molar-refractivity contribution in [3.8, 4) is 0 Å². The highest BCUT2D eigenvalue weighted by molar-refractivity contribution is 9.10. The molecule has 0 radical (unpaired) electrons. The highest BCUT2D eigenvalue weighted by Gasteiger charge is 1.74. The maximum atomic E-state index is 4.61. The van der Waals surface area contributed by atoms with E-state index in [1.807, 2.05) is 30.3 Å². The van der Waals surface area contributed by atoms with Crippen LogP contribution in [0.4, 0.5) is 0 Å². The summed E-state index contributed by atoms with van der Waals surface area (Å²) in [6.07, 6.45) is 0. The minimum atomic E-state index is -0.568. The lowest BCUT2D eigenvalue weighted by Crippen LogP contribution is -1.93. The number of hydrogen-bond donors (Lipinski definition) is 0. The molecule has 0 heterocycles. The van der Waals surface area contributed by atoms with Gasteiger partial charge in [0.2, 0.25) is 0 Å². The molecule has 0 saturated heterocycles. The van der Waals surface area contributed by atoms with Crippen molar-refractivity contribution in [1.82, 2.24) is 0 Å². The van der Waals surface area contributed by atoms with Crippen molar-refractivity contribution in [1.29, 1.82) is 0 Å². The molecule has 0 aromatic heterocycles. The Morgan fingerprint density at radius 3 is 1.75 bits per heavy atom. The van der Waals surface area contributed by atoms with Gasteiger partial charge >= 0.3 is 10.0 Å². The summed E-state index contributed by atoms with van der Waals surface area (Å²) in [4.78, 5) is 0. The van der Waals surface area contributed by atoms with Crippen LogP contribution in [-0.4, -0.2) is 24.2 Å². The summed E-state index contributed by atoms with van der Waals surface area (Å²) < 4.78 is 10.3.